The van der Waals surface area contributed by atoms with Crippen LogP contribution >= 0.6 is 15.9 Å². The summed E-state index contributed by atoms with van der Waals surface area (Å²) in [6, 6.07) is 2.07. The molecule has 1 aliphatic rings. The highest BCUT2D eigenvalue weighted by molar-refractivity contribution is 9.10. The fourth-order valence-corrected chi connectivity index (χ4v) is 6.54. The van der Waals surface area contributed by atoms with Crippen molar-refractivity contribution in [1.29, 1.82) is 0 Å². The Labute approximate surface area is 141 Å². The van der Waals surface area contributed by atoms with Gasteiger partial charge < -0.3 is 4.74 Å². The molecule has 1 aromatic carbocycles. The highest BCUT2D eigenvalue weighted by atomic mass is 79.9. The summed E-state index contributed by atoms with van der Waals surface area (Å²) in [6.45, 7) is -0.453. The summed E-state index contributed by atoms with van der Waals surface area (Å²) in [5.74, 6) is -3.17. The molecule has 0 saturated carbocycles. The van der Waals surface area contributed by atoms with Gasteiger partial charge in [-0.1, -0.05) is 6.07 Å². The van der Waals surface area contributed by atoms with Gasteiger partial charge >= 0.3 is 5.97 Å². The lowest BCUT2D eigenvalue weighted by Gasteiger charge is -2.32. The van der Waals surface area contributed by atoms with Gasteiger partial charge in [0.25, 0.3) is 0 Å². The van der Waals surface area contributed by atoms with Gasteiger partial charge in [0, 0.05) is 11.0 Å². The van der Waals surface area contributed by atoms with E-state index in [1.807, 2.05) is 0 Å². The summed E-state index contributed by atoms with van der Waals surface area (Å²) in [6.07, 6.45) is 0. The molecule has 1 aliphatic heterocycles. The second kappa shape index (κ2) is 6.46. The zero-order valence-corrected chi connectivity index (χ0v) is 15.1. The first-order valence-electron chi connectivity index (χ1n) is 6.34. The Morgan fingerprint density at radius 3 is 2.65 bits per heavy atom. The van der Waals surface area contributed by atoms with Crippen LogP contribution in [0, 0.1) is 5.82 Å². The van der Waals surface area contributed by atoms with E-state index in [1.165, 1.54) is 12.1 Å². The standard InChI is InChI=1S/C12H13BrFNO6S2/c1-21-12(16)10-7-22(17,18)6-5-15(10)23(19,20)11-8(13)3-2-4-9(11)14/h2-4,10H,5-7H2,1H3. The van der Waals surface area contributed by atoms with Gasteiger partial charge in [0.05, 0.1) is 18.6 Å². The number of methoxy groups -OCH3 is 1. The Balaban J connectivity index is 2.55. The van der Waals surface area contributed by atoms with E-state index >= 15 is 0 Å². The third-order valence-electron chi connectivity index (χ3n) is 3.34. The van der Waals surface area contributed by atoms with Crippen LogP contribution in [0.3, 0.4) is 0 Å². The fraction of sp³-hybridized carbons (Fsp3) is 0.417. The van der Waals surface area contributed by atoms with Crippen LogP contribution in [-0.4, -0.2) is 58.3 Å². The lowest BCUT2D eigenvalue weighted by atomic mass is 10.3. The molecular weight excluding hydrogens is 417 g/mol. The van der Waals surface area contributed by atoms with Gasteiger partial charge in [0.1, 0.15) is 16.8 Å². The Kier molecular flexibility index (Phi) is 5.14. The third-order valence-corrected chi connectivity index (χ3v) is 7.88. The Morgan fingerprint density at radius 2 is 2.09 bits per heavy atom. The molecular formula is C12H13BrFNO6S2. The highest BCUT2D eigenvalue weighted by Gasteiger charge is 2.44. The van der Waals surface area contributed by atoms with Gasteiger partial charge in [-0.15, -0.1) is 0 Å². The van der Waals surface area contributed by atoms with Gasteiger partial charge in [-0.2, -0.15) is 4.31 Å². The van der Waals surface area contributed by atoms with Crippen molar-refractivity contribution in [3.63, 3.8) is 0 Å². The SMILES string of the molecule is COC(=O)C1CS(=O)(=O)CCN1S(=O)(=O)c1c(F)cccc1Br. The predicted molar refractivity (Wildman–Crippen MR) is 82.4 cm³/mol. The summed E-state index contributed by atoms with van der Waals surface area (Å²) < 4.78 is 68.0. The summed E-state index contributed by atoms with van der Waals surface area (Å²) >= 11 is 2.97. The maximum absolute atomic E-state index is 14.0. The van der Waals surface area contributed by atoms with Crippen LogP contribution in [0.4, 0.5) is 4.39 Å². The van der Waals surface area contributed by atoms with Crippen LogP contribution in [0.25, 0.3) is 0 Å². The fourth-order valence-electron chi connectivity index (χ4n) is 2.25. The first-order valence-corrected chi connectivity index (χ1v) is 10.4. The van der Waals surface area contributed by atoms with E-state index in [-0.39, 0.29) is 4.47 Å². The number of nitrogens with zero attached hydrogens (tertiary/aromatic N) is 1. The summed E-state index contributed by atoms with van der Waals surface area (Å²) in [5, 5.41) is 0. The summed E-state index contributed by atoms with van der Waals surface area (Å²) in [7, 11) is -7.01. The molecule has 1 heterocycles. The van der Waals surface area contributed by atoms with Crippen molar-refractivity contribution in [2.24, 2.45) is 0 Å². The van der Waals surface area contributed by atoms with Crippen molar-refractivity contribution in [2.45, 2.75) is 10.9 Å². The molecule has 0 spiro atoms. The average molecular weight is 430 g/mol. The number of esters is 1. The van der Waals surface area contributed by atoms with Crippen LogP contribution in [-0.2, 0) is 29.4 Å². The molecule has 0 radical (unpaired) electrons. The van der Waals surface area contributed by atoms with Crippen LogP contribution in [0.15, 0.2) is 27.6 Å². The van der Waals surface area contributed by atoms with Crippen molar-refractivity contribution in [3.05, 3.63) is 28.5 Å². The lowest BCUT2D eigenvalue weighted by molar-refractivity contribution is -0.144. The van der Waals surface area contributed by atoms with E-state index < -0.39 is 60.6 Å². The van der Waals surface area contributed by atoms with E-state index in [1.54, 1.807) is 0 Å². The second-order valence-electron chi connectivity index (χ2n) is 4.82. The maximum Gasteiger partial charge on any atom is 0.325 e. The largest absolute Gasteiger partial charge is 0.468 e. The molecule has 128 valence electrons. The Bertz CT molecular complexity index is 819. The van der Waals surface area contributed by atoms with Crippen LogP contribution in [0.5, 0.6) is 0 Å². The molecule has 2 rings (SSSR count). The third kappa shape index (κ3) is 3.57. The molecule has 1 fully saturated rings. The van der Waals surface area contributed by atoms with Crippen LogP contribution < -0.4 is 0 Å². The minimum absolute atomic E-state index is 0.0189. The van der Waals surface area contributed by atoms with E-state index in [9.17, 15) is 26.0 Å². The zero-order valence-electron chi connectivity index (χ0n) is 11.9. The monoisotopic (exact) mass is 429 g/mol. The molecule has 0 aliphatic carbocycles. The minimum atomic E-state index is -4.43. The van der Waals surface area contributed by atoms with Crippen molar-refractivity contribution in [1.82, 2.24) is 4.31 Å². The number of hydrogen-bond donors (Lipinski definition) is 0. The second-order valence-corrected chi connectivity index (χ2v) is 9.73. The summed E-state index contributed by atoms with van der Waals surface area (Å²) in [5.41, 5.74) is 0. The summed E-state index contributed by atoms with van der Waals surface area (Å²) in [4.78, 5) is 11.2. The number of hydrogen-bond acceptors (Lipinski definition) is 6. The maximum atomic E-state index is 14.0. The molecule has 7 nitrogen and oxygen atoms in total. The molecule has 0 amide bonds. The number of halogens is 2. The van der Waals surface area contributed by atoms with Gasteiger partial charge in [-0.3, -0.25) is 4.79 Å². The van der Waals surface area contributed by atoms with Gasteiger partial charge in [0.15, 0.2) is 9.84 Å². The number of sulfone groups is 1. The predicted octanol–water partition coefficient (Wildman–Crippen LogP) is 0.549. The minimum Gasteiger partial charge on any atom is -0.468 e. The molecule has 1 atom stereocenters. The number of rotatable bonds is 3. The number of ether oxygens (including phenoxy) is 1. The van der Waals surface area contributed by atoms with Crippen molar-refractivity contribution in [2.75, 3.05) is 25.2 Å². The van der Waals surface area contributed by atoms with E-state index in [4.69, 9.17) is 0 Å². The van der Waals surface area contributed by atoms with Gasteiger partial charge in [-0.05, 0) is 28.1 Å². The normalized spacial score (nSPS) is 21.8. The highest BCUT2D eigenvalue weighted by Crippen LogP contribution is 2.30. The average Bonchev–Trinajstić information content (AvgIpc) is 2.44. The van der Waals surface area contributed by atoms with Crippen LogP contribution in [0.1, 0.15) is 0 Å². The Morgan fingerprint density at radius 1 is 1.43 bits per heavy atom. The van der Waals surface area contributed by atoms with E-state index in [2.05, 4.69) is 20.7 Å². The molecule has 0 bridgehead atoms. The number of benzene rings is 1. The van der Waals surface area contributed by atoms with E-state index in [0.29, 0.717) is 4.31 Å². The van der Waals surface area contributed by atoms with Crippen molar-refractivity contribution >= 4 is 41.8 Å². The van der Waals surface area contributed by atoms with Gasteiger partial charge in [0.2, 0.25) is 10.0 Å². The Hall–Kier alpha value is -1.04. The first kappa shape index (κ1) is 18.3. The van der Waals surface area contributed by atoms with Crippen molar-refractivity contribution in [3.8, 4) is 0 Å². The van der Waals surface area contributed by atoms with Crippen molar-refractivity contribution < 1.29 is 30.8 Å². The smallest absolute Gasteiger partial charge is 0.325 e. The lowest BCUT2D eigenvalue weighted by Crippen LogP contribution is -2.55. The molecule has 1 unspecified atom stereocenters. The first-order chi connectivity index (χ1) is 10.6. The van der Waals surface area contributed by atoms with Gasteiger partial charge in [-0.25, -0.2) is 21.2 Å². The molecule has 1 aromatic rings. The van der Waals surface area contributed by atoms with E-state index in [0.717, 1.165) is 13.2 Å². The molecule has 11 heteroatoms. The van der Waals surface area contributed by atoms with Crippen LogP contribution in [0.2, 0.25) is 0 Å². The number of sulfonamides is 1. The topological polar surface area (TPSA) is 97.8 Å². The number of carbonyl (C=O) groups excluding carboxylic acids is 1. The molecule has 1 saturated heterocycles. The molecule has 23 heavy (non-hydrogen) atoms. The molecule has 0 N–H and O–H groups in total. The number of carbonyl (C=O) groups is 1. The zero-order chi connectivity index (χ0) is 17.4. The molecule has 0 aromatic heterocycles. The quantitative estimate of drug-likeness (QED) is 0.650.